The summed E-state index contributed by atoms with van der Waals surface area (Å²) in [7, 11) is 0. The number of nitrogens with one attached hydrogen (secondary N) is 1. The average Bonchev–Trinajstić information content (AvgIpc) is 2.73. The van der Waals surface area contributed by atoms with E-state index in [2.05, 4.69) is 20.2 Å². The molecule has 31 heavy (non-hydrogen) atoms. The molecule has 1 aliphatic heterocycles. The first kappa shape index (κ1) is 21.0. The predicted molar refractivity (Wildman–Crippen MR) is 123 cm³/mol. The molecule has 3 heterocycles. The Hall–Kier alpha value is -3.23. The first-order chi connectivity index (χ1) is 14.9. The third-order valence-electron chi connectivity index (χ3n) is 5.50. The second kappa shape index (κ2) is 8.87. The number of aromatic nitrogens is 2. The van der Waals surface area contributed by atoms with Crippen LogP contribution < -0.4 is 21.7 Å². The molecule has 162 valence electrons. The highest BCUT2D eigenvalue weighted by Gasteiger charge is 2.21. The van der Waals surface area contributed by atoms with Gasteiger partial charge in [-0.2, -0.15) is 0 Å². The summed E-state index contributed by atoms with van der Waals surface area (Å²) in [6, 6.07) is 9.45. The first-order valence-corrected chi connectivity index (χ1v) is 10.5. The summed E-state index contributed by atoms with van der Waals surface area (Å²) in [4.78, 5) is 23.9. The fraction of sp³-hybridized carbons (Fsp3) is 0.348. The van der Waals surface area contributed by atoms with Crippen LogP contribution in [0.2, 0.25) is 0 Å². The fourth-order valence-electron chi connectivity index (χ4n) is 4.05. The summed E-state index contributed by atoms with van der Waals surface area (Å²) >= 11 is 0. The number of aliphatic hydroxyl groups excluding tert-OH is 1. The Morgan fingerprint density at radius 3 is 2.97 bits per heavy atom. The number of nitrogens with zero attached hydrogens (tertiary/aromatic N) is 3. The number of hydrogen-bond donors (Lipinski definition) is 4. The summed E-state index contributed by atoms with van der Waals surface area (Å²) in [6.45, 7) is 3.35. The lowest BCUT2D eigenvalue weighted by atomic mass is 10.1. The topological polar surface area (TPSA) is 130 Å². The number of fused-ring (bicyclic) bond motifs is 1. The number of nitrogens with two attached hydrogens (primary N) is 2. The number of pyridine rings is 2. The molecule has 8 heteroatoms. The van der Waals surface area contributed by atoms with E-state index in [0.717, 1.165) is 42.6 Å². The number of amides is 1. The maximum Gasteiger partial charge on any atom is 0.276 e. The van der Waals surface area contributed by atoms with Crippen LogP contribution in [0.5, 0.6) is 0 Å². The van der Waals surface area contributed by atoms with Crippen LogP contribution in [0.1, 0.15) is 35.8 Å². The van der Waals surface area contributed by atoms with E-state index in [9.17, 15) is 9.90 Å². The molecule has 1 aromatic carbocycles. The number of benzene rings is 1. The summed E-state index contributed by atoms with van der Waals surface area (Å²) in [6.07, 6.45) is 5.40. The minimum Gasteiger partial charge on any atom is -0.397 e. The zero-order chi connectivity index (χ0) is 22.0. The molecule has 3 aromatic rings. The van der Waals surface area contributed by atoms with E-state index in [1.54, 1.807) is 25.4 Å². The summed E-state index contributed by atoms with van der Waals surface area (Å²) < 4.78 is 0. The van der Waals surface area contributed by atoms with E-state index in [1.165, 1.54) is 0 Å². The van der Waals surface area contributed by atoms with Gasteiger partial charge in [-0.1, -0.05) is 12.1 Å². The number of aliphatic hydroxyl groups is 1. The smallest absolute Gasteiger partial charge is 0.276 e. The molecule has 0 bridgehead atoms. The number of hydrogen-bond acceptors (Lipinski definition) is 7. The quantitative estimate of drug-likeness (QED) is 0.498. The molecular formula is C23H28N6O2. The number of nitrogen functional groups attached to an aromatic ring is 1. The van der Waals surface area contributed by atoms with Gasteiger partial charge in [-0.15, -0.1) is 0 Å². The molecular weight excluding hydrogens is 392 g/mol. The van der Waals surface area contributed by atoms with E-state index >= 15 is 0 Å². The van der Waals surface area contributed by atoms with Crippen LogP contribution in [0.25, 0.3) is 10.9 Å². The lowest BCUT2D eigenvalue weighted by Gasteiger charge is -2.33. The van der Waals surface area contributed by atoms with Crippen molar-refractivity contribution >= 4 is 33.9 Å². The van der Waals surface area contributed by atoms with Crippen molar-refractivity contribution < 1.29 is 9.90 Å². The van der Waals surface area contributed by atoms with Crippen LogP contribution in [0.4, 0.5) is 17.1 Å². The van der Waals surface area contributed by atoms with Crippen LogP contribution in [0, 0.1) is 0 Å². The standard InChI is InChI=1S/C23H28N6O2/c1-14(30)9-15-4-5-16-11-18(25)22(27-19(16)10-15)23(31)28-20-12-26-7-6-21(20)29-8-2-3-17(24)13-29/h4-7,10-12,14,17,30H,2-3,8-9,13,24-25H2,1H3,(H,28,31)/t14?,17-/m0/s1. The van der Waals surface area contributed by atoms with Crippen molar-refractivity contribution in [2.75, 3.05) is 29.0 Å². The monoisotopic (exact) mass is 420 g/mol. The van der Waals surface area contributed by atoms with Crippen molar-refractivity contribution in [2.45, 2.75) is 38.3 Å². The van der Waals surface area contributed by atoms with Crippen LogP contribution in [0.3, 0.4) is 0 Å². The van der Waals surface area contributed by atoms with E-state index in [1.807, 2.05) is 24.3 Å². The van der Waals surface area contributed by atoms with Gasteiger partial charge in [0.1, 0.15) is 0 Å². The zero-order valence-corrected chi connectivity index (χ0v) is 17.6. The first-order valence-electron chi connectivity index (χ1n) is 10.5. The molecule has 1 saturated heterocycles. The molecule has 2 aromatic heterocycles. The van der Waals surface area contributed by atoms with Crippen molar-refractivity contribution in [3.63, 3.8) is 0 Å². The van der Waals surface area contributed by atoms with Crippen molar-refractivity contribution in [3.05, 3.63) is 54.0 Å². The number of piperidine rings is 1. The van der Waals surface area contributed by atoms with Crippen molar-refractivity contribution in [2.24, 2.45) is 5.73 Å². The molecule has 0 aliphatic carbocycles. The largest absolute Gasteiger partial charge is 0.397 e. The van der Waals surface area contributed by atoms with Gasteiger partial charge in [-0.05, 0) is 49.9 Å². The normalized spacial score (nSPS) is 17.5. The van der Waals surface area contributed by atoms with Crippen molar-refractivity contribution in [1.29, 1.82) is 0 Å². The van der Waals surface area contributed by atoms with E-state index in [0.29, 0.717) is 23.3 Å². The maximum atomic E-state index is 13.1. The lowest BCUT2D eigenvalue weighted by Crippen LogP contribution is -2.43. The number of rotatable bonds is 5. The van der Waals surface area contributed by atoms with Gasteiger partial charge in [-0.3, -0.25) is 9.78 Å². The van der Waals surface area contributed by atoms with Gasteiger partial charge in [0.05, 0.1) is 34.9 Å². The van der Waals surface area contributed by atoms with E-state index < -0.39 is 12.0 Å². The van der Waals surface area contributed by atoms with Gasteiger partial charge in [-0.25, -0.2) is 4.98 Å². The molecule has 8 nitrogen and oxygen atoms in total. The Labute approximate surface area is 181 Å². The average molecular weight is 421 g/mol. The molecule has 2 atom stereocenters. The molecule has 0 saturated carbocycles. The van der Waals surface area contributed by atoms with Crippen LogP contribution >= 0.6 is 0 Å². The Bertz CT molecular complexity index is 1100. The van der Waals surface area contributed by atoms with Crippen molar-refractivity contribution in [1.82, 2.24) is 9.97 Å². The predicted octanol–water partition coefficient (Wildman–Crippen LogP) is 2.32. The minimum absolute atomic E-state index is 0.110. The van der Waals surface area contributed by atoms with Gasteiger partial charge in [0.15, 0.2) is 5.69 Å². The highest BCUT2D eigenvalue weighted by molar-refractivity contribution is 6.09. The lowest BCUT2D eigenvalue weighted by molar-refractivity contribution is 0.102. The molecule has 4 rings (SSSR count). The van der Waals surface area contributed by atoms with Gasteiger partial charge in [0, 0.05) is 30.7 Å². The summed E-state index contributed by atoms with van der Waals surface area (Å²) in [5.74, 6) is -0.393. The molecule has 6 N–H and O–H groups in total. The summed E-state index contributed by atoms with van der Waals surface area (Å²) in [5.41, 5.74) is 15.8. The Morgan fingerprint density at radius 2 is 2.19 bits per heavy atom. The van der Waals surface area contributed by atoms with Gasteiger partial charge < -0.3 is 26.8 Å². The van der Waals surface area contributed by atoms with Crippen LogP contribution in [-0.2, 0) is 6.42 Å². The number of anilines is 3. The molecule has 1 aliphatic rings. The SMILES string of the molecule is CC(O)Cc1ccc2cc(N)c(C(=O)Nc3cnccc3N3CCC[C@H](N)C3)nc2c1. The van der Waals surface area contributed by atoms with E-state index in [4.69, 9.17) is 11.5 Å². The third-order valence-corrected chi connectivity index (χ3v) is 5.50. The highest BCUT2D eigenvalue weighted by atomic mass is 16.3. The molecule has 1 unspecified atom stereocenters. The Balaban J connectivity index is 1.62. The van der Waals surface area contributed by atoms with Crippen LogP contribution in [-0.4, -0.2) is 46.2 Å². The number of carbonyl (C=O) groups excluding carboxylic acids is 1. The Kier molecular flexibility index (Phi) is 6.01. The highest BCUT2D eigenvalue weighted by Crippen LogP contribution is 2.28. The van der Waals surface area contributed by atoms with Crippen LogP contribution in [0.15, 0.2) is 42.7 Å². The van der Waals surface area contributed by atoms with Gasteiger partial charge >= 0.3 is 0 Å². The molecule has 0 radical (unpaired) electrons. The fourth-order valence-corrected chi connectivity index (χ4v) is 4.05. The van der Waals surface area contributed by atoms with Gasteiger partial charge in [0.25, 0.3) is 5.91 Å². The van der Waals surface area contributed by atoms with E-state index in [-0.39, 0.29) is 11.7 Å². The molecule has 1 fully saturated rings. The summed E-state index contributed by atoms with van der Waals surface area (Å²) in [5, 5.41) is 13.4. The second-order valence-electron chi connectivity index (χ2n) is 8.20. The maximum absolute atomic E-state index is 13.1. The molecule has 0 spiro atoms. The van der Waals surface area contributed by atoms with Crippen molar-refractivity contribution in [3.8, 4) is 0 Å². The molecule has 1 amide bonds. The van der Waals surface area contributed by atoms with Gasteiger partial charge in [0.2, 0.25) is 0 Å². The zero-order valence-electron chi connectivity index (χ0n) is 17.6. The second-order valence-corrected chi connectivity index (χ2v) is 8.20. The third kappa shape index (κ3) is 4.76. The minimum atomic E-state index is -0.457. The Morgan fingerprint density at radius 1 is 1.35 bits per heavy atom. The number of carbonyl (C=O) groups is 1.